The zero-order chi connectivity index (χ0) is 12.6. The van der Waals surface area contributed by atoms with Gasteiger partial charge in [-0.25, -0.2) is 5.43 Å². The maximum atomic E-state index is 11.6. The molecule has 0 unspecified atom stereocenters. The van der Waals surface area contributed by atoms with Crippen LogP contribution in [0.4, 0.5) is 0 Å². The van der Waals surface area contributed by atoms with Gasteiger partial charge >= 0.3 is 0 Å². The van der Waals surface area contributed by atoms with Crippen LogP contribution in [-0.2, 0) is 4.79 Å². The molecule has 1 fully saturated rings. The summed E-state index contributed by atoms with van der Waals surface area (Å²) in [5, 5.41) is 3.92. The topological polar surface area (TPSA) is 57.6 Å². The van der Waals surface area contributed by atoms with Crippen LogP contribution in [0.2, 0.25) is 0 Å². The van der Waals surface area contributed by atoms with Crippen molar-refractivity contribution in [1.82, 2.24) is 15.3 Å². The van der Waals surface area contributed by atoms with Crippen LogP contribution in [0.15, 0.2) is 29.6 Å². The number of nitrogens with one attached hydrogen (secondary N) is 1. The number of pyridine rings is 1. The second-order valence-corrected chi connectivity index (χ2v) is 5.19. The number of hydrazone groups is 1. The van der Waals surface area contributed by atoms with Crippen molar-refractivity contribution in [2.75, 3.05) is 31.1 Å². The number of carbonyl (C=O) groups is 1. The van der Waals surface area contributed by atoms with E-state index in [9.17, 15) is 4.79 Å². The third kappa shape index (κ3) is 4.46. The van der Waals surface area contributed by atoms with Gasteiger partial charge in [-0.15, -0.1) is 0 Å². The van der Waals surface area contributed by atoms with Crippen LogP contribution in [-0.4, -0.2) is 53.1 Å². The maximum absolute atomic E-state index is 11.6. The van der Waals surface area contributed by atoms with E-state index < -0.39 is 0 Å². The van der Waals surface area contributed by atoms with Gasteiger partial charge in [-0.1, -0.05) is 0 Å². The van der Waals surface area contributed by atoms with Gasteiger partial charge in [0.25, 0.3) is 5.91 Å². The predicted octanol–water partition coefficient (Wildman–Crippen LogP) is 0.580. The van der Waals surface area contributed by atoms with E-state index in [1.54, 1.807) is 18.6 Å². The zero-order valence-electron chi connectivity index (χ0n) is 10.1. The molecule has 5 nitrogen and oxygen atoms in total. The van der Waals surface area contributed by atoms with Crippen LogP contribution in [0.1, 0.15) is 5.56 Å². The Labute approximate surface area is 111 Å². The second kappa shape index (κ2) is 7.13. The van der Waals surface area contributed by atoms with Crippen LogP contribution < -0.4 is 5.43 Å². The number of nitrogens with zero attached hydrogens (tertiary/aromatic N) is 3. The molecule has 2 rings (SSSR count). The molecule has 1 amide bonds. The zero-order valence-corrected chi connectivity index (χ0v) is 10.9. The van der Waals surface area contributed by atoms with Crippen molar-refractivity contribution in [2.24, 2.45) is 5.10 Å². The molecule has 1 aromatic heterocycles. The number of rotatable bonds is 4. The molecule has 0 spiro atoms. The van der Waals surface area contributed by atoms with Gasteiger partial charge in [0.15, 0.2) is 0 Å². The van der Waals surface area contributed by atoms with Gasteiger partial charge < -0.3 is 0 Å². The van der Waals surface area contributed by atoms with Crippen molar-refractivity contribution >= 4 is 23.9 Å². The van der Waals surface area contributed by atoms with E-state index in [2.05, 4.69) is 20.4 Å². The largest absolute Gasteiger partial charge is 0.293 e. The lowest BCUT2D eigenvalue weighted by molar-refractivity contribution is -0.122. The van der Waals surface area contributed by atoms with Crippen molar-refractivity contribution < 1.29 is 4.79 Å². The first-order chi connectivity index (χ1) is 8.84. The summed E-state index contributed by atoms with van der Waals surface area (Å²) < 4.78 is 0. The minimum atomic E-state index is -0.0628. The van der Waals surface area contributed by atoms with Crippen LogP contribution in [0.5, 0.6) is 0 Å². The number of aromatic nitrogens is 1. The Kier molecular flexibility index (Phi) is 5.16. The van der Waals surface area contributed by atoms with E-state index >= 15 is 0 Å². The van der Waals surface area contributed by atoms with Gasteiger partial charge in [-0.3, -0.25) is 14.7 Å². The smallest absolute Gasteiger partial charge is 0.254 e. The maximum Gasteiger partial charge on any atom is 0.254 e. The molecule has 0 atom stereocenters. The first kappa shape index (κ1) is 13.0. The van der Waals surface area contributed by atoms with Crippen molar-refractivity contribution in [3.63, 3.8) is 0 Å². The molecule has 2 heterocycles. The Balaban J connectivity index is 1.72. The molecule has 1 aromatic rings. The molecule has 1 N–H and O–H groups in total. The van der Waals surface area contributed by atoms with Gasteiger partial charge in [0.05, 0.1) is 12.8 Å². The van der Waals surface area contributed by atoms with E-state index in [0.29, 0.717) is 6.54 Å². The van der Waals surface area contributed by atoms with Crippen LogP contribution >= 0.6 is 11.8 Å². The highest BCUT2D eigenvalue weighted by Crippen LogP contribution is 2.08. The molecular weight excluding hydrogens is 248 g/mol. The molecule has 0 bridgehead atoms. The van der Waals surface area contributed by atoms with Crippen LogP contribution in [0.3, 0.4) is 0 Å². The molecule has 0 aliphatic carbocycles. The highest BCUT2D eigenvalue weighted by atomic mass is 32.2. The van der Waals surface area contributed by atoms with Crippen LogP contribution in [0, 0.1) is 0 Å². The normalized spacial score (nSPS) is 16.9. The van der Waals surface area contributed by atoms with Gasteiger partial charge in [0.1, 0.15) is 0 Å². The van der Waals surface area contributed by atoms with E-state index in [0.717, 1.165) is 30.2 Å². The van der Waals surface area contributed by atoms with Crippen molar-refractivity contribution in [2.45, 2.75) is 0 Å². The number of amides is 1. The molecule has 1 saturated heterocycles. The van der Waals surface area contributed by atoms with Gasteiger partial charge in [0.2, 0.25) is 0 Å². The Morgan fingerprint density at radius 3 is 2.89 bits per heavy atom. The van der Waals surface area contributed by atoms with Gasteiger partial charge in [-0.2, -0.15) is 16.9 Å². The SMILES string of the molecule is O=C(CN1CCSCC1)NN=Cc1ccncc1. The summed E-state index contributed by atoms with van der Waals surface area (Å²) >= 11 is 1.93. The molecule has 1 aliphatic heterocycles. The number of carbonyl (C=O) groups excluding carboxylic acids is 1. The van der Waals surface area contributed by atoms with Gasteiger partial charge in [0, 0.05) is 37.0 Å². The van der Waals surface area contributed by atoms with E-state index in [4.69, 9.17) is 0 Å². The van der Waals surface area contributed by atoms with Crippen molar-refractivity contribution in [1.29, 1.82) is 0 Å². The predicted molar refractivity (Wildman–Crippen MR) is 73.7 cm³/mol. The fourth-order valence-corrected chi connectivity index (χ4v) is 2.60. The fraction of sp³-hybridized carbons (Fsp3) is 0.417. The number of hydrogen-bond acceptors (Lipinski definition) is 5. The molecular formula is C12H16N4OS. The summed E-state index contributed by atoms with van der Waals surface area (Å²) in [7, 11) is 0. The lowest BCUT2D eigenvalue weighted by Crippen LogP contribution is -2.40. The summed E-state index contributed by atoms with van der Waals surface area (Å²) in [5.74, 6) is 2.15. The monoisotopic (exact) mass is 264 g/mol. The minimum Gasteiger partial charge on any atom is -0.293 e. The quantitative estimate of drug-likeness (QED) is 0.638. The number of hydrogen-bond donors (Lipinski definition) is 1. The Morgan fingerprint density at radius 1 is 1.44 bits per heavy atom. The Bertz CT molecular complexity index is 404. The molecule has 0 aromatic carbocycles. The van der Waals surface area contributed by atoms with Crippen LogP contribution in [0.25, 0.3) is 0 Å². The average Bonchev–Trinajstić information content (AvgIpc) is 2.41. The standard InChI is InChI=1S/C12H16N4OS/c17-12(10-16-5-7-18-8-6-16)15-14-9-11-1-3-13-4-2-11/h1-4,9H,5-8,10H2,(H,15,17). The molecule has 1 aliphatic rings. The molecule has 96 valence electrons. The highest BCUT2D eigenvalue weighted by Gasteiger charge is 2.13. The Morgan fingerprint density at radius 2 is 2.17 bits per heavy atom. The van der Waals surface area contributed by atoms with Gasteiger partial charge in [-0.05, 0) is 17.7 Å². The first-order valence-corrected chi connectivity index (χ1v) is 7.02. The molecule has 0 saturated carbocycles. The third-order valence-corrected chi connectivity index (χ3v) is 3.52. The van der Waals surface area contributed by atoms with Crippen molar-refractivity contribution in [3.05, 3.63) is 30.1 Å². The van der Waals surface area contributed by atoms with Crippen molar-refractivity contribution in [3.8, 4) is 0 Å². The summed E-state index contributed by atoms with van der Waals surface area (Å²) in [6.45, 7) is 2.38. The summed E-state index contributed by atoms with van der Waals surface area (Å²) in [6, 6.07) is 3.66. The average molecular weight is 264 g/mol. The van der Waals surface area contributed by atoms with E-state index in [1.807, 2.05) is 23.9 Å². The summed E-state index contributed by atoms with van der Waals surface area (Å²) in [5.41, 5.74) is 3.46. The lowest BCUT2D eigenvalue weighted by atomic mass is 10.3. The lowest BCUT2D eigenvalue weighted by Gasteiger charge is -2.24. The van der Waals surface area contributed by atoms with E-state index in [-0.39, 0.29) is 5.91 Å². The highest BCUT2D eigenvalue weighted by molar-refractivity contribution is 7.99. The summed E-state index contributed by atoms with van der Waals surface area (Å²) in [6.07, 6.45) is 4.99. The third-order valence-electron chi connectivity index (χ3n) is 2.58. The van der Waals surface area contributed by atoms with E-state index in [1.165, 1.54) is 0 Å². The fourth-order valence-electron chi connectivity index (χ4n) is 1.63. The number of thioether (sulfide) groups is 1. The molecule has 18 heavy (non-hydrogen) atoms. The second-order valence-electron chi connectivity index (χ2n) is 3.96. The first-order valence-electron chi connectivity index (χ1n) is 5.86. The molecule has 0 radical (unpaired) electrons. The Hall–Kier alpha value is -1.40. The minimum absolute atomic E-state index is 0.0628. The molecule has 6 heteroatoms. The summed E-state index contributed by atoms with van der Waals surface area (Å²) in [4.78, 5) is 17.7.